The van der Waals surface area contributed by atoms with E-state index < -0.39 is 0 Å². The fourth-order valence-corrected chi connectivity index (χ4v) is 2.43. The minimum absolute atomic E-state index is 0.214. The van der Waals surface area contributed by atoms with Gasteiger partial charge in [-0.15, -0.1) is 0 Å². The molecule has 1 aromatic carbocycles. The highest BCUT2D eigenvalue weighted by Gasteiger charge is 2.05. The molecule has 1 saturated heterocycles. The van der Waals surface area contributed by atoms with Crippen LogP contribution in [0.3, 0.4) is 0 Å². The molecule has 7 nitrogen and oxygen atoms in total. The van der Waals surface area contributed by atoms with Crippen molar-refractivity contribution in [2.75, 3.05) is 38.9 Å². The van der Waals surface area contributed by atoms with E-state index in [4.69, 9.17) is 25.8 Å². The summed E-state index contributed by atoms with van der Waals surface area (Å²) in [7, 11) is 1.65. The van der Waals surface area contributed by atoms with Crippen LogP contribution in [-0.2, 0) is 9.47 Å². The first-order valence-corrected chi connectivity index (χ1v) is 8.47. The molecule has 0 atom stereocenters. The van der Waals surface area contributed by atoms with Gasteiger partial charge in [0.05, 0.1) is 51.6 Å². The van der Waals surface area contributed by atoms with Gasteiger partial charge in [-0.3, -0.25) is 0 Å². The van der Waals surface area contributed by atoms with E-state index >= 15 is 0 Å². The van der Waals surface area contributed by atoms with E-state index in [0.29, 0.717) is 0 Å². The first-order chi connectivity index (χ1) is 12.8. The lowest BCUT2D eigenvalue weighted by molar-refractivity contribution is -0.0334. The lowest BCUT2D eigenvalue weighted by Gasteiger charge is -2.09. The van der Waals surface area contributed by atoms with Crippen molar-refractivity contribution in [2.24, 2.45) is 0 Å². The number of benzene rings is 1. The number of halogens is 1. The molecule has 4 rings (SSSR count). The smallest absolute Gasteiger partial charge is 0.222 e. The third kappa shape index (κ3) is 5.01. The van der Waals surface area contributed by atoms with Gasteiger partial charge in [0, 0.05) is 11.6 Å². The zero-order valence-corrected chi connectivity index (χ0v) is 15.1. The highest BCUT2D eigenvalue weighted by molar-refractivity contribution is 6.28. The normalized spacial score (nSPS) is 13.6. The molecule has 0 bridgehead atoms. The van der Waals surface area contributed by atoms with Crippen LogP contribution in [-0.4, -0.2) is 48.5 Å². The summed E-state index contributed by atoms with van der Waals surface area (Å²) in [6.07, 6.45) is 4.96. The maximum atomic E-state index is 5.66. The predicted molar refractivity (Wildman–Crippen MR) is 100 cm³/mol. The number of fused-ring (bicyclic) bond motifs is 1. The number of anilines is 2. The number of nitrogens with zero attached hydrogens (tertiary/aromatic N) is 3. The summed E-state index contributed by atoms with van der Waals surface area (Å²) < 4.78 is 15.1. The standard InChI is InChI=1S/C14H11ClN4O.C4H8O2/c1-20-11-2-3-12-9(6-11)4-5-16-13(12)19-10-7-17-14(15)18-8-10;1-2-6-4-3-5-1/h2-8H,1H3,(H,16,19);1-4H2. The average Bonchev–Trinajstić information content (AvgIpc) is 2.71. The van der Waals surface area contributed by atoms with E-state index in [1.54, 1.807) is 25.7 Å². The number of aromatic nitrogens is 3. The van der Waals surface area contributed by atoms with E-state index in [2.05, 4.69) is 20.3 Å². The van der Waals surface area contributed by atoms with E-state index in [9.17, 15) is 0 Å². The second-order valence-corrected chi connectivity index (χ2v) is 5.68. The Morgan fingerprint density at radius 1 is 1.00 bits per heavy atom. The molecule has 1 N–H and O–H groups in total. The average molecular weight is 375 g/mol. The topological polar surface area (TPSA) is 78.4 Å². The molecule has 2 aromatic heterocycles. The van der Waals surface area contributed by atoms with Gasteiger partial charge in [0.1, 0.15) is 11.6 Å². The minimum Gasteiger partial charge on any atom is -0.497 e. The second-order valence-electron chi connectivity index (χ2n) is 5.34. The zero-order chi connectivity index (χ0) is 18.2. The van der Waals surface area contributed by atoms with Crippen molar-refractivity contribution < 1.29 is 14.2 Å². The Labute approximate surface area is 156 Å². The van der Waals surface area contributed by atoms with Crippen molar-refractivity contribution in [3.63, 3.8) is 0 Å². The highest BCUT2D eigenvalue weighted by Crippen LogP contribution is 2.27. The fourth-order valence-electron chi connectivity index (χ4n) is 2.34. The Kier molecular flexibility index (Phi) is 6.54. The Morgan fingerprint density at radius 2 is 1.69 bits per heavy atom. The van der Waals surface area contributed by atoms with Gasteiger partial charge >= 0.3 is 0 Å². The quantitative estimate of drug-likeness (QED) is 0.703. The molecule has 1 fully saturated rings. The molecule has 0 amide bonds. The Bertz CT molecular complexity index is 830. The highest BCUT2D eigenvalue weighted by atomic mass is 35.5. The van der Waals surface area contributed by atoms with Crippen LogP contribution >= 0.6 is 11.6 Å². The Balaban J connectivity index is 0.000000278. The van der Waals surface area contributed by atoms with Crippen molar-refractivity contribution in [3.8, 4) is 5.75 Å². The summed E-state index contributed by atoms with van der Waals surface area (Å²) in [6, 6.07) is 7.75. The van der Waals surface area contributed by atoms with Crippen molar-refractivity contribution in [3.05, 3.63) is 48.1 Å². The molecule has 0 spiro atoms. The number of hydrogen-bond acceptors (Lipinski definition) is 7. The van der Waals surface area contributed by atoms with Crippen LogP contribution in [0.1, 0.15) is 0 Å². The third-order valence-electron chi connectivity index (χ3n) is 3.60. The molecule has 0 radical (unpaired) electrons. The Hall–Kier alpha value is -2.48. The molecule has 136 valence electrons. The maximum absolute atomic E-state index is 5.66. The van der Waals surface area contributed by atoms with Gasteiger partial charge in [0.15, 0.2) is 0 Å². The maximum Gasteiger partial charge on any atom is 0.222 e. The van der Waals surface area contributed by atoms with Crippen molar-refractivity contribution in [2.45, 2.75) is 0 Å². The second kappa shape index (κ2) is 9.28. The predicted octanol–water partition coefficient (Wildman–Crippen LogP) is 3.46. The van der Waals surface area contributed by atoms with Gasteiger partial charge in [0.25, 0.3) is 0 Å². The van der Waals surface area contributed by atoms with Crippen LogP contribution in [0.4, 0.5) is 11.5 Å². The molecule has 1 aliphatic heterocycles. The van der Waals surface area contributed by atoms with E-state index in [-0.39, 0.29) is 5.28 Å². The molecule has 26 heavy (non-hydrogen) atoms. The summed E-state index contributed by atoms with van der Waals surface area (Å²) in [5, 5.41) is 5.42. The van der Waals surface area contributed by atoms with Gasteiger partial charge in [-0.25, -0.2) is 15.0 Å². The monoisotopic (exact) mass is 374 g/mol. The van der Waals surface area contributed by atoms with E-state index in [0.717, 1.165) is 54.5 Å². The molecule has 8 heteroatoms. The first kappa shape index (κ1) is 18.3. The fraction of sp³-hybridized carbons (Fsp3) is 0.278. The number of methoxy groups -OCH3 is 1. The summed E-state index contributed by atoms with van der Waals surface area (Å²) >= 11 is 5.66. The SMILES string of the molecule is C1COCCO1.COc1ccc2c(Nc3cnc(Cl)nc3)nccc2c1. The Morgan fingerprint density at radius 3 is 2.31 bits per heavy atom. The third-order valence-corrected chi connectivity index (χ3v) is 3.79. The molecule has 0 aliphatic carbocycles. The molecule has 3 heterocycles. The lowest BCUT2D eigenvalue weighted by Crippen LogP contribution is -2.16. The summed E-state index contributed by atoms with van der Waals surface area (Å²) in [5.41, 5.74) is 0.727. The first-order valence-electron chi connectivity index (χ1n) is 8.09. The van der Waals surface area contributed by atoms with Crippen molar-refractivity contribution in [1.82, 2.24) is 15.0 Å². The summed E-state index contributed by atoms with van der Waals surface area (Å²) in [5.74, 6) is 1.54. The summed E-state index contributed by atoms with van der Waals surface area (Å²) in [6.45, 7) is 3.11. The van der Waals surface area contributed by atoms with Crippen LogP contribution < -0.4 is 10.1 Å². The number of pyridine rings is 1. The zero-order valence-electron chi connectivity index (χ0n) is 14.3. The number of hydrogen-bond donors (Lipinski definition) is 1. The molecular formula is C18H19ClN4O3. The molecule has 0 unspecified atom stereocenters. The van der Waals surface area contributed by atoms with Crippen LogP contribution in [0.25, 0.3) is 10.8 Å². The molecule has 1 aliphatic rings. The van der Waals surface area contributed by atoms with Gasteiger partial charge < -0.3 is 19.5 Å². The van der Waals surface area contributed by atoms with Crippen LogP contribution in [0.15, 0.2) is 42.9 Å². The van der Waals surface area contributed by atoms with Crippen LogP contribution in [0.5, 0.6) is 5.75 Å². The van der Waals surface area contributed by atoms with Crippen molar-refractivity contribution >= 4 is 33.9 Å². The molecule has 3 aromatic rings. The number of rotatable bonds is 3. The van der Waals surface area contributed by atoms with E-state index in [1.807, 2.05) is 24.3 Å². The van der Waals surface area contributed by atoms with Gasteiger partial charge in [-0.05, 0) is 41.3 Å². The minimum atomic E-state index is 0.214. The lowest BCUT2D eigenvalue weighted by atomic mass is 10.1. The van der Waals surface area contributed by atoms with E-state index in [1.165, 1.54) is 0 Å². The number of ether oxygens (including phenoxy) is 3. The van der Waals surface area contributed by atoms with Gasteiger partial charge in [0.2, 0.25) is 5.28 Å². The summed E-state index contributed by atoms with van der Waals surface area (Å²) in [4.78, 5) is 12.2. The van der Waals surface area contributed by atoms with Crippen LogP contribution in [0.2, 0.25) is 5.28 Å². The molecular weight excluding hydrogens is 356 g/mol. The van der Waals surface area contributed by atoms with Crippen molar-refractivity contribution in [1.29, 1.82) is 0 Å². The molecule has 0 saturated carbocycles. The largest absolute Gasteiger partial charge is 0.497 e. The van der Waals surface area contributed by atoms with Gasteiger partial charge in [-0.2, -0.15) is 0 Å². The van der Waals surface area contributed by atoms with Crippen LogP contribution in [0, 0.1) is 0 Å². The number of nitrogens with one attached hydrogen (secondary N) is 1. The van der Waals surface area contributed by atoms with Gasteiger partial charge in [-0.1, -0.05) is 0 Å².